The van der Waals surface area contributed by atoms with Gasteiger partial charge >= 0.3 is 6.09 Å². The highest BCUT2D eigenvalue weighted by Gasteiger charge is 2.25. The van der Waals surface area contributed by atoms with Crippen molar-refractivity contribution in [1.29, 1.82) is 0 Å². The lowest BCUT2D eigenvalue weighted by Crippen LogP contribution is -2.47. The average molecular weight is 214 g/mol. The van der Waals surface area contributed by atoms with Crippen LogP contribution in [0.5, 0.6) is 0 Å². The van der Waals surface area contributed by atoms with E-state index in [1.807, 2.05) is 20.9 Å². The fourth-order valence-corrected chi connectivity index (χ4v) is 1.89. The quantitative estimate of drug-likeness (QED) is 0.699. The molecule has 1 amide bonds. The van der Waals surface area contributed by atoms with E-state index in [1.54, 1.807) is 4.90 Å². The zero-order chi connectivity index (χ0) is 11.4. The molecule has 88 valence electrons. The summed E-state index contributed by atoms with van der Waals surface area (Å²) in [6, 6.07) is 0.301. The van der Waals surface area contributed by atoms with Gasteiger partial charge in [-0.1, -0.05) is 0 Å². The topological polar surface area (TPSA) is 32.8 Å². The lowest BCUT2D eigenvalue weighted by Gasteiger charge is -2.35. The number of amides is 1. The van der Waals surface area contributed by atoms with E-state index >= 15 is 0 Å². The van der Waals surface area contributed by atoms with Gasteiger partial charge in [0.1, 0.15) is 0 Å². The normalized spacial score (nSPS) is 22.9. The van der Waals surface area contributed by atoms with Gasteiger partial charge in [0, 0.05) is 19.6 Å². The van der Waals surface area contributed by atoms with E-state index in [1.165, 1.54) is 0 Å². The first-order valence-electron chi connectivity index (χ1n) is 5.62. The number of hydrogen-bond acceptors (Lipinski definition) is 3. The summed E-state index contributed by atoms with van der Waals surface area (Å²) in [6.45, 7) is 5.82. The minimum Gasteiger partial charge on any atom is -0.447 e. The maximum Gasteiger partial charge on any atom is 0.410 e. The van der Waals surface area contributed by atoms with Gasteiger partial charge in [-0.05, 0) is 40.3 Å². The van der Waals surface area contributed by atoms with Crippen molar-refractivity contribution in [3.63, 3.8) is 0 Å². The number of piperidine rings is 1. The fraction of sp³-hybridized carbons (Fsp3) is 0.909. The molecule has 4 heteroatoms. The molecule has 0 aromatic heterocycles. The Morgan fingerprint density at radius 1 is 1.53 bits per heavy atom. The first kappa shape index (κ1) is 12.3. The Morgan fingerprint density at radius 2 is 2.20 bits per heavy atom. The lowest BCUT2D eigenvalue weighted by molar-refractivity contribution is 0.0582. The second-order valence-corrected chi connectivity index (χ2v) is 4.60. The number of hydrogen-bond donors (Lipinski definition) is 0. The Hall–Kier alpha value is -0.770. The molecule has 0 aromatic carbocycles. The van der Waals surface area contributed by atoms with E-state index in [9.17, 15) is 4.79 Å². The van der Waals surface area contributed by atoms with E-state index in [0.717, 1.165) is 25.9 Å². The number of carbonyl (C=O) groups is 1. The summed E-state index contributed by atoms with van der Waals surface area (Å²) in [5, 5.41) is 0. The minimum absolute atomic E-state index is 0.0405. The third kappa shape index (κ3) is 3.70. The summed E-state index contributed by atoms with van der Waals surface area (Å²) in [4.78, 5) is 15.6. The molecule has 1 saturated heterocycles. The monoisotopic (exact) mass is 214 g/mol. The number of carbonyl (C=O) groups excluding carboxylic acids is 1. The molecule has 0 N–H and O–H groups in total. The second-order valence-electron chi connectivity index (χ2n) is 4.60. The summed E-state index contributed by atoms with van der Waals surface area (Å²) in [6.07, 6.45) is 1.99. The third-order valence-electron chi connectivity index (χ3n) is 2.77. The van der Waals surface area contributed by atoms with Gasteiger partial charge in [0.2, 0.25) is 0 Å². The smallest absolute Gasteiger partial charge is 0.410 e. The molecule has 0 spiro atoms. The van der Waals surface area contributed by atoms with E-state index in [2.05, 4.69) is 11.9 Å². The molecule has 1 aliphatic heterocycles. The summed E-state index contributed by atoms with van der Waals surface area (Å²) in [7, 11) is 3.92. The predicted octanol–water partition coefficient (Wildman–Crippen LogP) is 1.56. The molecule has 0 aromatic rings. The highest BCUT2D eigenvalue weighted by atomic mass is 16.6. The van der Waals surface area contributed by atoms with Crippen LogP contribution in [0.4, 0.5) is 4.79 Å². The molecule has 0 aliphatic carbocycles. The predicted molar refractivity (Wildman–Crippen MR) is 59.9 cm³/mol. The largest absolute Gasteiger partial charge is 0.447 e. The highest BCUT2D eigenvalue weighted by molar-refractivity contribution is 5.67. The molecule has 0 saturated carbocycles. The van der Waals surface area contributed by atoms with Gasteiger partial charge in [-0.3, -0.25) is 0 Å². The van der Waals surface area contributed by atoms with E-state index < -0.39 is 0 Å². The highest BCUT2D eigenvalue weighted by Crippen LogP contribution is 2.14. The summed E-state index contributed by atoms with van der Waals surface area (Å²) < 4.78 is 5.17. The van der Waals surface area contributed by atoms with Crippen LogP contribution in [0.25, 0.3) is 0 Å². The maximum atomic E-state index is 11.6. The zero-order valence-electron chi connectivity index (χ0n) is 10.2. The molecule has 1 fully saturated rings. The van der Waals surface area contributed by atoms with Crippen LogP contribution >= 0.6 is 0 Å². The van der Waals surface area contributed by atoms with E-state index in [4.69, 9.17) is 4.74 Å². The Kier molecular flexibility index (Phi) is 4.39. The molecule has 1 heterocycles. The Morgan fingerprint density at radius 3 is 2.73 bits per heavy atom. The lowest BCUT2D eigenvalue weighted by atomic mass is 10.1. The summed E-state index contributed by atoms with van der Waals surface area (Å²) in [5.41, 5.74) is 0. The molecule has 0 radical (unpaired) electrons. The first-order valence-corrected chi connectivity index (χ1v) is 5.62. The van der Waals surface area contributed by atoms with Crippen molar-refractivity contribution in [3.8, 4) is 0 Å². The number of ether oxygens (including phenoxy) is 1. The van der Waals surface area contributed by atoms with Crippen LogP contribution in [0.15, 0.2) is 0 Å². The van der Waals surface area contributed by atoms with Crippen LogP contribution in [0.3, 0.4) is 0 Å². The van der Waals surface area contributed by atoms with Crippen molar-refractivity contribution in [2.45, 2.75) is 38.8 Å². The van der Waals surface area contributed by atoms with Crippen molar-refractivity contribution in [2.75, 3.05) is 27.2 Å². The van der Waals surface area contributed by atoms with Crippen molar-refractivity contribution >= 4 is 6.09 Å². The van der Waals surface area contributed by atoms with Gasteiger partial charge in [0.15, 0.2) is 0 Å². The Labute approximate surface area is 92.2 Å². The Bertz CT molecular complexity index is 219. The van der Waals surface area contributed by atoms with Crippen LogP contribution in [0.1, 0.15) is 26.7 Å². The molecular weight excluding hydrogens is 192 g/mol. The second kappa shape index (κ2) is 5.35. The van der Waals surface area contributed by atoms with Gasteiger partial charge in [-0.15, -0.1) is 0 Å². The van der Waals surface area contributed by atoms with Gasteiger partial charge in [-0.2, -0.15) is 0 Å². The summed E-state index contributed by atoms with van der Waals surface area (Å²) >= 11 is 0. The molecule has 0 bridgehead atoms. The van der Waals surface area contributed by atoms with Gasteiger partial charge in [-0.25, -0.2) is 4.79 Å². The number of rotatable bonds is 2. The molecular formula is C11H22N2O2. The van der Waals surface area contributed by atoms with Crippen molar-refractivity contribution in [3.05, 3.63) is 0 Å². The number of nitrogens with zero attached hydrogens (tertiary/aromatic N) is 2. The molecule has 1 aliphatic rings. The minimum atomic E-state index is -0.203. The maximum absolute atomic E-state index is 11.6. The van der Waals surface area contributed by atoms with Crippen LogP contribution in [-0.4, -0.2) is 55.2 Å². The van der Waals surface area contributed by atoms with Gasteiger partial charge in [0.25, 0.3) is 0 Å². The molecule has 15 heavy (non-hydrogen) atoms. The standard InChI is InChI=1S/C11H22N2O2/c1-9(2)15-11(14)13(4)10-6-5-7-12(3)8-10/h9-10H,5-8H2,1-4H3. The Balaban J connectivity index is 2.44. The van der Waals surface area contributed by atoms with Gasteiger partial charge < -0.3 is 14.5 Å². The number of likely N-dealkylation sites (tertiary alicyclic amines) is 1. The average Bonchev–Trinajstić information content (AvgIpc) is 2.15. The van der Waals surface area contributed by atoms with E-state index in [-0.39, 0.29) is 12.2 Å². The molecule has 1 unspecified atom stereocenters. The van der Waals surface area contributed by atoms with Crippen LogP contribution in [0, 0.1) is 0 Å². The number of likely N-dealkylation sites (N-methyl/N-ethyl adjacent to an activating group) is 2. The van der Waals surface area contributed by atoms with Crippen LogP contribution in [-0.2, 0) is 4.74 Å². The van der Waals surface area contributed by atoms with Crippen LogP contribution in [0.2, 0.25) is 0 Å². The van der Waals surface area contributed by atoms with E-state index in [0.29, 0.717) is 6.04 Å². The first-order chi connectivity index (χ1) is 7.00. The van der Waals surface area contributed by atoms with Crippen molar-refractivity contribution < 1.29 is 9.53 Å². The van der Waals surface area contributed by atoms with Crippen molar-refractivity contribution in [2.24, 2.45) is 0 Å². The van der Waals surface area contributed by atoms with Gasteiger partial charge in [0.05, 0.1) is 6.10 Å². The summed E-state index contributed by atoms with van der Waals surface area (Å²) in [5.74, 6) is 0. The molecule has 1 atom stereocenters. The van der Waals surface area contributed by atoms with Crippen molar-refractivity contribution in [1.82, 2.24) is 9.80 Å². The fourth-order valence-electron chi connectivity index (χ4n) is 1.89. The molecule has 4 nitrogen and oxygen atoms in total. The van der Waals surface area contributed by atoms with Crippen LogP contribution < -0.4 is 0 Å². The molecule has 1 rings (SSSR count). The zero-order valence-corrected chi connectivity index (χ0v) is 10.2. The SMILES string of the molecule is CC(C)OC(=O)N(C)C1CCCN(C)C1. The third-order valence-corrected chi connectivity index (χ3v) is 2.77.